The number of hydrogen-bond donors (Lipinski definition) is 1. The van der Waals surface area contributed by atoms with Gasteiger partial charge in [-0.1, -0.05) is 34.1 Å². The third kappa shape index (κ3) is 3.58. The molecule has 4 heteroatoms. The van der Waals surface area contributed by atoms with Gasteiger partial charge in [0, 0.05) is 23.8 Å². The fourth-order valence-electron chi connectivity index (χ4n) is 2.05. The highest BCUT2D eigenvalue weighted by Crippen LogP contribution is 2.28. The van der Waals surface area contributed by atoms with Gasteiger partial charge in [-0.2, -0.15) is 0 Å². The topological polar surface area (TPSA) is 23.5 Å². The molecule has 1 unspecified atom stereocenters. The van der Waals surface area contributed by atoms with Crippen molar-refractivity contribution in [1.82, 2.24) is 0 Å². The summed E-state index contributed by atoms with van der Waals surface area (Å²) in [7, 11) is 1.98. The van der Waals surface area contributed by atoms with Gasteiger partial charge in [0.25, 0.3) is 0 Å². The Morgan fingerprint density at radius 2 is 1.85 bits per heavy atom. The lowest BCUT2D eigenvalue weighted by Gasteiger charge is -2.21. The molecule has 2 aromatic carbocycles. The summed E-state index contributed by atoms with van der Waals surface area (Å²) < 4.78 is 13.8. The Morgan fingerprint density at radius 3 is 2.40 bits per heavy atom. The Kier molecular flexibility index (Phi) is 4.78. The predicted molar refractivity (Wildman–Crippen MR) is 83.3 cm³/mol. The summed E-state index contributed by atoms with van der Waals surface area (Å²) in [6, 6.07) is 12.4. The van der Waals surface area contributed by atoms with Crippen LogP contribution in [-0.4, -0.2) is 12.2 Å². The second kappa shape index (κ2) is 6.37. The molecule has 2 rings (SSSR count). The number of anilines is 1. The fraction of sp³-hybridized carbons (Fsp3) is 0.250. The molecule has 0 aliphatic rings. The van der Waals surface area contributed by atoms with Crippen LogP contribution in [0.4, 0.5) is 10.1 Å². The van der Waals surface area contributed by atoms with E-state index in [1.807, 2.05) is 25.2 Å². The van der Waals surface area contributed by atoms with Gasteiger partial charge in [-0.15, -0.1) is 0 Å². The minimum absolute atomic E-state index is 0.222. The van der Waals surface area contributed by atoms with Gasteiger partial charge in [0.15, 0.2) is 0 Å². The van der Waals surface area contributed by atoms with Crippen LogP contribution in [0.1, 0.15) is 24.2 Å². The lowest BCUT2D eigenvalue weighted by atomic mass is 10.1. The van der Waals surface area contributed by atoms with Gasteiger partial charge in [-0.3, -0.25) is 0 Å². The monoisotopic (exact) mass is 337 g/mol. The molecule has 0 aromatic heterocycles. The van der Waals surface area contributed by atoms with Crippen LogP contribution >= 0.6 is 15.9 Å². The van der Waals surface area contributed by atoms with Gasteiger partial charge >= 0.3 is 0 Å². The first kappa shape index (κ1) is 15.0. The lowest BCUT2D eigenvalue weighted by molar-refractivity contribution is 0.198. The number of aliphatic hydroxyl groups is 1. The van der Waals surface area contributed by atoms with Crippen molar-refractivity contribution in [2.75, 3.05) is 11.9 Å². The third-order valence-corrected chi connectivity index (χ3v) is 3.89. The van der Waals surface area contributed by atoms with Crippen LogP contribution in [0.15, 0.2) is 46.9 Å². The van der Waals surface area contributed by atoms with Gasteiger partial charge in [-0.25, -0.2) is 4.39 Å². The smallest absolute Gasteiger partial charge is 0.123 e. The molecule has 0 saturated carbocycles. The molecule has 106 valence electrons. The lowest BCUT2D eigenvalue weighted by Crippen LogP contribution is -2.16. The van der Waals surface area contributed by atoms with Crippen LogP contribution in [0.25, 0.3) is 0 Å². The van der Waals surface area contributed by atoms with Gasteiger partial charge in [-0.05, 0) is 42.3 Å². The number of halogens is 2. The maximum absolute atomic E-state index is 12.9. The second-order valence-electron chi connectivity index (χ2n) is 4.86. The number of nitrogens with zero attached hydrogens (tertiary/aromatic N) is 1. The number of benzene rings is 2. The van der Waals surface area contributed by atoms with E-state index in [1.54, 1.807) is 19.1 Å². The quantitative estimate of drug-likeness (QED) is 0.900. The molecule has 0 spiro atoms. The maximum Gasteiger partial charge on any atom is 0.123 e. The minimum Gasteiger partial charge on any atom is -0.389 e. The van der Waals surface area contributed by atoms with Crippen molar-refractivity contribution in [2.45, 2.75) is 19.6 Å². The number of aliphatic hydroxyl groups excluding tert-OH is 1. The van der Waals surface area contributed by atoms with Crippen LogP contribution in [-0.2, 0) is 6.54 Å². The van der Waals surface area contributed by atoms with E-state index < -0.39 is 6.10 Å². The summed E-state index contributed by atoms with van der Waals surface area (Å²) in [6.45, 7) is 2.43. The van der Waals surface area contributed by atoms with Crippen LogP contribution in [0.5, 0.6) is 0 Å². The molecule has 0 saturated heterocycles. The SMILES string of the molecule is CC(O)c1ccc(N(C)Cc2ccc(F)cc2)cc1Br. The molecule has 2 aromatic rings. The Labute approximate surface area is 127 Å². The highest BCUT2D eigenvalue weighted by Gasteiger charge is 2.09. The van der Waals surface area contributed by atoms with Crippen LogP contribution in [0.3, 0.4) is 0 Å². The standard InChI is InChI=1S/C16H17BrFNO/c1-11(20)15-8-7-14(9-16(15)17)19(2)10-12-3-5-13(18)6-4-12/h3-9,11,20H,10H2,1-2H3. The fourth-order valence-corrected chi connectivity index (χ4v) is 2.75. The second-order valence-corrected chi connectivity index (χ2v) is 5.72. The molecule has 0 bridgehead atoms. The van der Waals surface area contributed by atoms with Crippen molar-refractivity contribution in [3.63, 3.8) is 0 Å². The van der Waals surface area contributed by atoms with Crippen LogP contribution in [0, 0.1) is 5.82 Å². The molecule has 20 heavy (non-hydrogen) atoms. The predicted octanol–water partition coefficient (Wildman–Crippen LogP) is 4.28. The first-order valence-corrected chi connectivity index (χ1v) is 7.20. The average molecular weight is 338 g/mol. The van der Waals surface area contributed by atoms with Crippen LogP contribution < -0.4 is 4.90 Å². The molecule has 0 radical (unpaired) electrons. The molecule has 0 fully saturated rings. The Balaban J connectivity index is 2.15. The van der Waals surface area contributed by atoms with Crippen molar-refractivity contribution in [3.05, 3.63) is 63.9 Å². The molecular formula is C16H17BrFNO. The van der Waals surface area contributed by atoms with Crippen molar-refractivity contribution < 1.29 is 9.50 Å². The highest BCUT2D eigenvalue weighted by atomic mass is 79.9. The van der Waals surface area contributed by atoms with Gasteiger partial charge in [0.05, 0.1) is 6.10 Å². The van der Waals surface area contributed by atoms with Crippen molar-refractivity contribution >= 4 is 21.6 Å². The molecular weight excluding hydrogens is 321 g/mol. The summed E-state index contributed by atoms with van der Waals surface area (Å²) >= 11 is 3.47. The Morgan fingerprint density at radius 1 is 1.20 bits per heavy atom. The van der Waals surface area contributed by atoms with Gasteiger partial charge in [0.2, 0.25) is 0 Å². The molecule has 2 nitrogen and oxygen atoms in total. The van der Waals surface area contributed by atoms with Crippen LogP contribution in [0.2, 0.25) is 0 Å². The van der Waals surface area contributed by atoms with E-state index in [0.717, 1.165) is 21.3 Å². The van der Waals surface area contributed by atoms with Gasteiger partial charge < -0.3 is 10.0 Å². The summed E-state index contributed by atoms with van der Waals surface area (Å²) in [5, 5.41) is 9.62. The van der Waals surface area contributed by atoms with E-state index in [0.29, 0.717) is 6.54 Å². The Bertz CT molecular complexity index is 584. The zero-order chi connectivity index (χ0) is 14.7. The van der Waals surface area contributed by atoms with E-state index in [9.17, 15) is 9.50 Å². The van der Waals surface area contributed by atoms with E-state index in [1.165, 1.54) is 12.1 Å². The first-order valence-electron chi connectivity index (χ1n) is 6.40. The molecule has 0 heterocycles. The molecule has 0 aliphatic carbocycles. The largest absolute Gasteiger partial charge is 0.389 e. The normalized spacial score (nSPS) is 12.2. The molecule has 1 atom stereocenters. The van der Waals surface area contributed by atoms with E-state index in [4.69, 9.17) is 0 Å². The zero-order valence-corrected chi connectivity index (χ0v) is 13.1. The average Bonchev–Trinajstić information content (AvgIpc) is 2.40. The van der Waals surface area contributed by atoms with Gasteiger partial charge in [0.1, 0.15) is 5.82 Å². The summed E-state index contributed by atoms with van der Waals surface area (Å²) in [4.78, 5) is 2.07. The third-order valence-electron chi connectivity index (χ3n) is 3.21. The first-order chi connectivity index (χ1) is 9.47. The molecule has 0 amide bonds. The summed E-state index contributed by atoms with van der Waals surface area (Å²) in [5.74, 6) is -0.222. The summed E-state index contributed by atoms with van der Waals surface area (Å²) in [6.07, 6.45) is -0.499. The van der Waals surface area contributed by atoms with Crippen molar-refractivity contribution in [1.29, 1.82) is 0 Å². The maximum atomic E-state index is 12.9. The molecule has 0 aliphatic heterocycles. The van der Waals surface area contributed by atoms with E-state index in [-0.39, 0.29) is 5.82 Å². The van der Waals surface area contributed by atoms with E-state index in [2.05, 4.69) is 20.8 Å². The number of hydrogen-bond acceptors (Lipinski definition) is 2. The molecule has 1 N–H and O–H groups in total. The van der Waals surface area contributed by atoms with Crippen molar-refractivity contribution in [2.24, 2.45) is 0 Å². The Hall–Kier alpha value is -1.39. The van der Waals surface area contributed by atoms with E-state index >= 15 is 0 Å². The number of rotatable bonds is 4. The summed E-state index contributed by atoms with van der Waals surface area (Å²) in [5.41, 5.74) is 2.94. The zero-order valence-electron chi connectivity index (χ0n) is 11.5. The van der Waals surface area contributed by atoms with Crippen molar-refractivity contribution in [3.8, 4) is 0 Å². The minimum atomic E-state index is -0.499. The highest BCUT2D eigenvalue weighted by molar-refractivity contribution is 9.10.